The van der Waals surface area contributed by atoms with Gasteiger partial charge in [-0.3, -0.25) is 14.3 Å². The number of imide groups is 1. The molecule has 2 heterocycles. The van der Waals surface area contributed by atoms with E-state index in [1.165, 1.54) is 16.8 Å². The van der Waals surface area contributed by atoms with Crippen molar-refractivity contribution in [3.05, 3.63) is 36.7 Å². The lowest BCUT2D eigenvalue weighted by Crippen LogP contribution is -2.38. The first-order chi connectivity index (χ1) is 5.79. The number of nitrogens with zero attached hydrogens (tertiary/aromatic N) is 2. The summed E-state index contributed by atoms with van der Waals surface area (Å²) in [5.74, 6) is -0.618. The second-order valence-electron chi connectivity index (χ2n) is 2.38. The maximum atomic E-state index is 11.1. The third-order valence-corrected chi connectivity index (χ3v) is 1.61. The van der Waals surface area contributed by atoms with Gasteiger partial charge in [0.25, 0.3) is 11.8 Å². The molecular formula is C8H6N2O2. The van der Waals surface area contributed by atoms with Crippen molar-refractivity contribution < 1.29 is 9.59 Å². The summed E-state index contributed by atoms with van der Waals surface area (Å²) in [4.78, 5) is 22.2. The second-order valence-corrected chi connectivity index (χ2v) is 2.38. The number of hydrogen-bond donors (Lipinski definition) is 0. The van der Waals surface area contributed by atoms with Gasteiger partial charge in [0.2, 0.25) is 0 Å². The zero-order chi connectivity index (χ0) is 8.55. The molecule has 0 spiro atoms. The summed E-state index contributed by atoms with van der Waals surface area (Å²) in [6, 6.07) is 3.50. The summed E-state index contributed by atoms with van der Waals surface area (Å²) in [6.07, 6.45) is 5.79. The third kappa shape index (κ3) is 0.852. The van der Waals surface area contributed by atoms with Crippen LogP contribution >= 0.6 is 0 Å². The van der Waals surface area contributed by atoms with Crippen molar-refractivity contribution in [2.45, 2.75) is 0 Å². The molecule has 60 valence electrons. The fourth-order valence-electron chi connectivity index (χ4n) is 1.08. The van der Waals surface area contributed by atoms with Gasteiger partial charge in [-0.2, -0.15) is 5.01 Å². The van der Waals surface area contributed by atoms with Gasteiger partial charge in [0.15, 0.2) is 0 Å². The van der Waals surface area contributed by atoms with Gasteiger partial charge in [0.1, 0.15) is 0 Å². The largest absolute Gasteiger partial charge is 0.273 e. The van der Waals surface area contributed by atoms with E-state index >= 15 is 0 Å². The average Bonchev–Trinajstić information content (AvgIpc) is 2.61. The highest BCUT2D eigenvalue weighted by Gasteiger charge is 2.24. The Morgan fingerprint density at radius 1 is 0.917 bits per heavy atom. The van der Waals surface area contributed by atoms with Crippen LogP contribution in [0, 0.1) is 0 Å². The van der Waals surface area contributed by atoms with Gasteiger partial charge in [-0.05, 0) is 12.1 Å². The maximum absolute atomic E-state index is 11.1. The van der Waals surface area contributed by atoms with Gasteiger partial charge in [-0.25, -0.2) is 0 Å². The molecule has 0 atom stereocenters. The van der Waals surface area contributed by atoms with Gasteiger partial charge >= 0.3 is 0 Å². The summed E-state index contributed by atoms with van der Waals surface area (Å²) in [6.45, 7) is 0. The fourth-order valence-corrected chi connectivity index (χ4v) is 1.08. The minimum Gasteiger partial charge on any atom is -0.267 e. The molecule has 0 saturated carbocycles. The van der Waals surface area contributed by atoms with Crippen molar-refractivity contribution in [3.8, 4) is 0 Å². The zero-order valence-electron chi connectivity index (χ0n) is 6.18. The van der Waals surface area contributed by atoms with E-state index in [-0.39, 0.29) is 11.8 Å². The zero-order valence-corrected chi connectivity index (χ0v) is 6.18. The quantitative estimate of drug-likeness (QED) is 0.547. The molecule has 4 heteroatoms. The molecule has 0 N–H and O–H groups in total. The number of rotatable bonds is 1. The van der Waals surface area contributed by atoms with Gasteiger partial charge < -0.3 is 0 Å². The van der Waals surface area contributed by atoms with Crippen molar-refractivity contribution in [2.75, 3.05) is 5.01 Å². The topological polar surface area (TPSA) is 42.3 Å². The molecule has 1 aliphatic rings. The van der Waals surface area contributed by atoms with E-state index in [2.05, 4.69) is 0 Å². The molecule has 0 bridgehead atoms. The van der Waals surface area contributed by atoms with Crippen LogP contribution in [0.25, 0.3) is 0 Å². The van der Waals surface area contributed by atoms with Crippen molar-refractivity contribution in [3.63, 3.8) is 0 Å². The first-order valence-electron chi connectivity index (χ1n) is 3.48. The summed E-state index contributed by atoms with van der Waals surface area (Å²) in [5.41, 5.74) is 0. The molecule has 1 aliphatic heterocycles. The van der Waals surface area contributed by atoms with E-state index in [1.807, 2.05) is 0 Å². The highest BCUT2D eigenvalue weighted by Crippen LogP contribution is 2.03. The monoisotopic (exact) mass is 162 g/mol. The van der Waals surface area contributed by atoms with Crippen molar-refractivity contribution >= 4 is 11.8 Å². The van der Waals surface area contributed by atoms with Gasteiger partial charge in [-0.1, -0.05) is 0 Å². The van der Waals surface area contributed by atoms with Crippen LogP contribution in [0.1, 0.15) is 0 Å². The Balaban J connectivity index is 2.37. The van der Waals surface area contributed by atoms with Crippen LogP contribution in [-0.2, 0) is 9.59 Å². The Kier molecular flexibility index (Phi) is 1.33. The molecule has 4 nitrogen and oxygen atoms in total. The molecule has 0 saturated heterocycles. The first kappa shape index (κ1) is 6.84. The van der Waals surface area contributed by atoms with Crippen LogP contribution in [0.3, 0.4) is 0 Å². The van der Waals surface area contributed by atoms with Crippen LogP contribution < -0.4 is 5.01 Å². The minimum absolute atomic E-state index is 0.309. The van der Waals surface area contributed by atoms with Crippen LogP contribution in [0.4, 0.5) is 0 Å². The van der Waals surface area contributed by atoms with Gasteiger partial charge in [0, 0.05) is 24.5 Å². The number of carbonyl (C=O) groups is 2. The molecule has 0 aromatic carbocycles. The van der Waals surface area contributed by atoms with Crippen molar-refractivity contribution in [2.24, 2.45) is 0 Å². The normalized spacial score (nSPS) is 16.2. The number of carbonyl (C=O) groups excluding carboxylic acids is 2. The first-order valence-corrected chi connectivity index (χ1v) is 3.48. The molecule has 12 heavy (non-hydrogen) atoms. The van der Waals surface area contributed by atoms with Crippen molar-refractivity contribution in [1.82, 2.24) is 4.68 Å². The Bertz CT molecular complexity index is 333. The standard InChI is InChI=1S/C8H6N2O2/c11-7-3-4-8(12)10(7)9-5-1-2-6-9/h1-6H. The summed E-state index contributed by atoms with van der Waals surface area (Å²) in [5, 5.41) is 1.06. The molecule has 0 unspecified atom stereocenters. The molecule has 1 aromatic rings. The van der Waals surface area contributed by atoms with E-state index in [4.69, 9.17) is 0 Å². The number of aromatic nitrogens is 1. The fraction of sp³-hybridized carbons (Fsp3) is 0. The molecule has 0 aliphatic carbocycles. The Labute approximate surface area is 68.7 Å². The highest BCUT2D eigenvalue weighted by molar-refractivity contribution is 6.23. The van der Waals surface area contributed by atoms with Crippen LogP contribution in [0.2, 0.25) is 0 Å². The van der Waals surface area contributed by atoms with E-state index in [9.17, 15) is 9.59 Å². The third-order valence-electron chi connectivity index (χ3n) is 1.61. The maximum Gasteiger partial charge on any atom is 0.273 e. The molecule has 0 radical (unpaired) electrons. The minimum atomic E-state index is -0.309. The van der Waals surface area contributed by atoms with E-state index < -0.39 is 0 Å². The average molecular weight is 162 g/mol. The van der Waals surface area contributed by atoms with E-state index in [0.29, 0.717) is 0 Å². The molecule has 2 amide bonds. The number of amides is 2. The van der Waals surface area contributed by atoms with Crippen molar-refractivity contribution in [1.29, 1.82) is 0 Å². The smallest absolute Gasteiger partial charge is 0.267 e. The molecule has 0 fully saturated rings. The predicted molar refractivity (Wildman–Crippen MR) is 41.8 cm³/mol. The summed E-state index contributed by atoms with van der Waals surface area (Å²) >= 11 is 0. The van der Waals surface area contributed by atoms with Crippen LogP contribution in [0.5, 0.6) is 0 Å². The summed E-state index contributed by atoms with van der Waals surface area (Å²) in [7, 11) is 0. The lowest BCUT2D eigenvalue weighted by atomic mass is 10.6. The van der Waals surface area contributed by atoms with Gasteiger partial charge in [0.05, 0.1) is 0 Å². The lowest BCUT2D eigenvalue weighted by molar-refractivity contribution is -0.122. The molecule has 2 rings (SSSR count). The van der Waals surface area contributed by atoms with E-state index in [0.717, 1.165) is 5.01 Å². The second kappa shape index (κ2) is 2.34. The Morgan fingerprint density at radius 3 is 1.92 bits per heavy atom. The Hall–Kier alpha value is -1.84. The van der Waals surface area contributed by atoms with E-state index in [1.54, 1.807) is 24.5 Å². The molecular weight excluding hydrogens is 156 g/mol. The SMILES string of the molecule is O=C1C=CC(=O)N1n1cccc1. The molecule has 1 aromatic heterocycles. The number of hydrogen-bond acceptors (Lipinski definition) is 2. The lowest BCUT2D eigenvalue weighted by Gasteiger charge is -2.13. The van der Waals surface area contributed by atoms with Gasteiger partial charge in [-0.15, -0.1) is 0 Å². The van der Waals surface area contributed by atoms with Crippen LogP contribution in [0.15, 0.2) is 36.7 Å². The summed E-state index contributed by atoms with van der Waals surface area (Å²) < 4.78 is 1.45. The predicted octanol–water partition coefficient (Wildman–Crippen LogP) is 0.0491. The Morgan fingerprint density at radius 2 is 1.42 bits per heavy atom. The highest BCUT2D eigenvalue weighted by atomic mass is 16.2. The van der Waals surface area contributed by atoms with Crippen LogP contribution in [-0.4, -0.2) is 16.5 Å².